The summed E-state index contributed by atoms with van der Waals surface area (Å²) in [4.78, 5) is 22.4. The molecule has 3 N–H and O–H groups in total. The topological polar surface area (TPSA) is 116 Å². The Balaban J connectivity index is 2.29. The number of nitrogens with zero attached hydrogens (tertiary/aromatic N) is 3. The maximum atomic E-state index is 12.2. The van der Waals surface area contributed by atoms with Crippen LogP contribution < -0.4 is 11.1 Å². The first kappa shape index (κ1) is 14.5. The molecule has 0 unspecified atom stereocenters. The molecular weight excluding hydrogens is 274 g/mol. The van der Waals surface area contributed by atoms with E-state index in [9.17, 15) is 14.9 Å². The van der Waals surface area contributed by atoms with Crippen LogP contribution in [0.25, 0.3) is 0 Å². The second kappa shape index (κ2) is 5.61. The lowest BCUT2D eigenvalue weighted by Crippen LogP contribution is -2.16. The van der Waals surface area contributed by atoms with Gasteiger partial charge in [0.1, 0.15) is 5.82 Å². The van der Waals surface area contributed by atoms with E-state index in [1.165, 1.54) is 16.8 Å². The number of anilines is 2. The van der Waals surface area contributed by atoms with Crippen LogP contribution in [0.15, 0.2) is 24.3 Å². The SMILES string of the molecule is CCc1cc(NC(=O)c2cc([N+](=O)[O-])ccc2N)n(C)n1. The highest BCUT2D eigenvalue weighted by atomic mass is 16.6. The quantitative estimate of drug-likeness (QED) is 0.505. The normalized spacial score (nSPS) is 10.4. The Bertz CT molecular complexity index is 708. The fraction of sp³-hybridized carbons (Fsp3) is 0.231. The van der Waals surface area contributed by atoms with Gasteiger partial charge < -0.3 is 11.1 Å². The zero-order chi connectivity index (χ0) is 15.6. The minimum atomic E-state index is -0.574. The summed E-state index contributed by atoms with van der Waals surface area (Å²) < 4.78 is 1.53. The molecule has 2 rings (SSSR count). The molecule has 0 fully saturated rings. The van der Waals surface area contributed by atoms with Crippen molar-refractivity contribution in [3.63, 3.8) is 0 Å². The second-order valence-electron chi connectivity index (χ2n) is 4.48. The zero-order valence-corrected chi connectivity index (χ0v) is 11.7. The van der Waals surface area contributed by atoms with Gasteiger partial charge in [-0.2, -0.15) is 5.10 Å². The number of nitrogens with one attached hydrogen (secondary N) is 1. The molecule has 8 heteroatoms. The van der Waals surface area contributed by atoms with Gasteiger partial charge in [-0.3, -0.25) is 19.6 Å². The summed E-state index contributed by atoms with van der Waals surface area (Å²) in [5.41, 5.74) is 6.59. The molecule has 1 heterocycles. The average Bonchev–Trinajstić information content (AvgIpc) is 2.79. The summed E-state index contributed by atoms with van der Waals surface area (Å²) in [6.07, 6.45) is 0.739. The summed E-state index contributed by atoms with van der Waals surface area (Å²) in [5.74, 6) is -0.00962. The van der Waals surface area contributed by atoms with E-state index in [-0.39, 0.29) is 16.9 Å². The van der Waals surface area contributed by atoms with Crippen molar-refractivity contribution >= 4 is 23.1 Å². The highest BCUT2D eigenvalue weighted by Crippen LogP contribution is 2.21. The number of rotatable bonds is 4. The molecule has 1 aromatic carbocycles. The summed E-state index contributed by atoms with van der Waals surface area (Å²) in [6.45, 7) is 1.95. The van der Waals surface area contributed by atoms with E-state index in [0.717, 1.165) is 18.2 Å². The van der Waals surface area contributed by atoms with E-state index in [4.69, 9.17) is 5.73 Å². The van der Waals surface area contributed by atoms with E-state index >= 15 is 0 Å². The van der Waals surface area contributed by atoms with Crippen LogP contribution in [0.5, 0.6) is 0 Å². The number of carbonyl (C=O) groups excluding carboxylic acids is 1. The van der Waals surface area contributed by atoms with E-state index in [2.05, 4.69) is 10.4 Å². The van der Waals surface area contributed by atoms with Crippen LogP contribution in [0.3, 0.4) is 0 Å². The fourth-order valence-corrected chi connectivity index (χ4v) is 1.85. The zero-order valence-electron chi connectivity index (χ0n) is 11.7. The molecule has 0 aliphatic carbocycles. The Morgan fingerprint density at radius 1 is 1.48 bits per heavy atom. The number of benzene rings is 1. The highest BCUT2D eigenvalue weighted by molar-refractivity contribution is 6.07. The molecule has 110 valence electrons. The molecule has 1 amide bonds. The third-order valence-corrected chi connectivity index (χ3v) is 3.03. The summed E-state index contributed by atoms with van der Waals surface area (Å²) in [6, 6.07) is 5.49. The summed E-state index contributed by atoms with van der Waals surface area (Å²) in [7, 11) is 1.70. The molecule has 0 saturated heterocycles. The van der Waals surface area contributed by atoms with Crippen LogP contribution in [0.1, 0.15) is 23.0 Å². The first-order valence-corrected chi connectivity index (χ1v) is 6.30. The Kier molecular flexibility index (Phi) is 3.88. The van der Waals surface area contributed by atoms with Crippen molar-refractivity contribution in [3.05, 3.63) is 45.6 Å². The number of nitrogens with two attached hydrogens (primary N) is 1. The predicted octanol–water partition coefficient (Wildman–Crippen LogP) is 1.73. The third kappa shape index (κ3) is 2.99. The molecule has 21 heavy (non-hydrogen) atoms. The van der Waals surface area contributed by atoms with Gasteiger partial charge in [0.25, 0.3) is 11.6 Å². The summed E-state index contributed by atoms with van der Waals surface area (Å²) in [5, 5.41) is 17.6. The number of amides is 1. The lowest BCUT2D eigenvalue weighted by molar-refractivity contribution is -0.384. The average molecular weight is 289 g/mol. The second-order valence-corrected chi connectivity index (χ2v) is 4.48. The van der Waals surface area contributed by atoms with Gasteiger partial charge in [0, 0.05) is 30.9 Å². The Hall–Kier alpha value is -2.90. The van der Waals surface area contributed by atoms with Crippen LogP contribution in [0.4, 0.5) is 17.2 Å². The number of nitro benzene ring substituents is 1. The maximum Gasteiger partial charge on any atom is 0.270 e. The van der Waals surface area contributed by atoms with Crippen molar-refractivity contribution in [3.8, 4) is 0 Å². The van der Waals surface area contributed by atoms with Crippen molar-refractivity contribution in [2.24, 2.45) is 7.05 Å². The molecule has 0 aliphatic rings. The van der Waals surface area contributed by atoms with Crippen LogP contribution in [-0.2, 0) is 13.5 Å². The number of non-ortho nitro benzene ring substituents is 1. The first-order valence-electron chi connectivity index (χ1n) is 6.30. The van der Waals surface area contributed by atoms with Gasteiger partial charge in [0.2, 0.25) is 0 Å². The van der Waals surface area contributed by atoms with Crippen LogP contribution in [0, 0.1) is 10.1 Å². The van der Waals surface area contributed by atoms with Crippen LogP contribution in [-0.4, -0.2) is 20.6 Å². The standard InChI is InChI=1S/C13H15N5O3/c1-3-8-6-12(17(2)16-8)15-13(19)10-7-9(18(20)21)4-5-11(10)14/h4-7H,3,14H2,1-2H3,(H,15,19). The molecule has 0 bridgehead atoms. The number of hydrogen-bond donors (Lipinski definition) is 2. The number of hydrogen-bond acceptors (Lipinski definition) is 5. The lowest BCUT2D eigenvalue weighted by Gasteiger charge is -2.07. The van der Waals surface area contributed by atoms with Crippen molar-refractivity contribution in [2.45, 2.75) is 13.3 Å². The van der Waals surface area contributed by atoms with E-state index < -0.39 is 10.8 Å². The minimum Gasteiger partial charge on any atom is -0.398 e. The van der Waals surface area contributed by atoms with Crippen molar-refractivity contribution in [2.75, 3.05) is 11.1 Å². The highest BCUT2D eigenvalue weighted by Gasteiger charge is 2.16. The molecular formula is C13H15N5O3. The molecule has 0 radical (unpaired) electrons. The molecule has 1 aromatic heterocycles. The van der Waals surface area contributed by atoms with Gasteiger partial charge in [-0.15, -0.1) is 0 Å². The fourth-order valence-electron chi connectivity index (χ4n) is 1.85. The van der Waals surface area contributed by atoms with Crippen molar-refractivity contribution < 1.29 is 9.72 Å². The lowest BCUT2D eigenvalue weighted by atomic mass is 10.1. The van der Waals surface area contributed by atoms with Gasteiger partial charge in [-0.25, -0.2) is 0 Å². The number of aryl methyl sites for hydroxylation is 2. The molecule has 0 atom stereocenters. The molecule has 0 aliphatic heterocycles. The van der Waals surface area contributed by atoms with E-state index in [0.29, 0.717) is 5.82 Å². The number of carbonyl (C=O) groups is 1. The van der Waals surface area contributed by atoms with Gasteiger partial charge in [-0.1, -0.05) is 6.92 Å². The minimum absolute atomic E-state index is 0.0587. The maximum absolute atomic E-state index is 12.2. The molecule has 2 aromatic rings. The molecule has 0 spiro atoms. The first-order chi connectivity index (χ1) is 9.92. The van der Waals surface area contributed by atoms with Crippen LogP contribution in [0.2, 0.25) is 0 Å². The Labute approximate surface area is 120 Å². The predicted molar refractivity (Wildman–Crippen MR) is 78.0 cm³/mol. The smallest absolute Gasteiger partial charge is 0.270 e. The monoisotopic (exact) mass is 289 g/mol. The Morgan fingerprint density at radius 3 is 2.76 bits per heavy atom. The number of nitro groups is 1. The van der Waals surface area contributed by atoms with E-state index in [1.54, 1.807) is 13.1 Å². The van der Waals surface area contributed by atoms with Gasteiger partial charge in [0.05, 0.1) is 16.2 Å². The van der Waals surface area contributed by atoms with Crippen LogP contribution >= 0.6 is 0 Å². The van der Waals surface area contributed by atoms with Gasteiger partial charge in [-0.05, 0) is 12.5 Å². The van der Waals surface area contributed by atoms with Gasteiger partial charge >= 0.3 is 0 Å². The largest absolute Gasteiger partial charge is 0.398 e. The molecule has 0 saturated carbocycles. The molecule has 8 nitrogen and oxygen atoms in total. The number of nitrogen functional groups attached to an aromatic ring is 1. The van der Waals surface area contributed by atoms with E-state index in [1.807, 2.05) is 6.92 Å². The van der Waals surface area contributed by atoms with Crippen molar-refractivity contribution in [1.82, 2.24) is 9.78 Å². The Morgan fingerprint density at radius 2 is 2.19 bits per heavy atom. The summed E-state index contributed by atoms with van der Waals surface area (Å²) >= 11 is 0. The third-order valence-electron chi connectivity index (χ3n) is 3.03. The van der Waals surface area contributed by atoms with Crippen molar-refractivity contribution in [1.29, 1.82) is 0 Å². The van der Waals surface area contributed by atoms with Gasteiger partial charge in [0.15, 0.2) is 0 Å². The number of aromatic nitrogens is 2.